The molecule has 2 aromatic rings. The maximum Gasteiger partial charge on any atom is 0.185 e. The first-order valence-corrected chi connectivity index (χ1v) is 8.50. The van der Waals surface area contributed by atoms with E-state index in [1.165, 1.54) is 5.56 Å². The van der Waals surface area contributed by atoms with Gasteiger partial charge in [-0.1, -0.05) is 48.4 Å². The molecule has 8 heteroatoms. The molecule has 2 unspecified atom stereocenters. The third-order valence-corrected chi connectivity index (χ3v) is 4.58. The average Bonchev–Trinajstić information content (AvgIpc) is 3.22. The van der Waals surface area contributed by atoms with Crippen LogP contribution in [0.15, 0.2) is 30.3 Å². The van der Waals surface area contributed by atoms with Crippen LogP contribution in [-0.4, -0.2) is 56.5 Å². The number of hydrogen-bond donors (Lipinski definition) is 3. The summed E-state index contributed by atoms with van der Waals surface area (Å²) in [7, 11) is 4.06. The zero-order valence-electron chi connectivity index (χ0n) is 15.6. The van der Waals surface area contributed by atoms with E-state index in [1.807, 2.05) is 12.3 Å². The number of hydrogen-bond acceptors (Lipinski definition) is 6. The van der Waals surface area contributed by atoms with Crippen molar-refractivity contribution in [1.82, 2.24) is 25.5 Å². The Morgan fingerprint density at radius 3 is 2.71 bits per heavy atom. The fraction of sp³-hybridized carbons (Fsp3) is 0.350. The molecule has 1 aliphatic heterocycles. The number of tetrazole rings is 1. The first-order valence-electron chi connectivity index (χ1n) is 8.50. The first-order chi connectivity index (χ1) is 13.1. The van der Waals surface area contributed by atoms with Gasteiger partial charge in [-0.05, 0) is 31.0 Å². The monoisotopic (exact) mass is 546 g/mol. The Kier molecular flexibility index (Phi) is 10.3. The molecule has 1 saturated heterocycles. The minimum atomic E-state index is -0.188. The Labute approximate surface area is 180 Å². The Morgan fingerprint density at radius 2 is 2.14 bits per heavy atom. The number of nitrogens with zero attached hydrogens (tertiary/aromatic N) is 4. The predicted molar refractivity (Wildman–Crippen MR) is 102 cm³/mol. The molecule has 1 aromatic heterocycles. The van der Waals surface area contributed by atoms with Crippen molar-refractivity contribution in [2.45, 2.75) is 18.8 Å². The second kappa shape index (κ2) is 12.2. The summed E-state index contributed by atoms with van der Waals surface area (Å²) in [4.78, 5) is 2.12. The molecular weight excluding hydrogens is 524 g/mol. The van der Waals surface area contributed by atoms with E-state index in [-0.39, 0.29) is 33.1 Å². The van der Waals surface area contributed by atoms with Gasteiger partial charge in [-0.25, -0.2) is 5.92 Å². The van der Waals surface area contributed by atoms with Crippen molar-refractivity contribution in [2.75, 3.05) is 19.7 Å². The van der Waals surface area contributed by atoms with Crippen LogP contribution in [0.1, 0.15) is 24.7 Å². The summed E-state index contributed by atoms with van der Waals surface area (Å²) in [5, 5.41) is 29.2. The normalized spacial score (nSPS) is 20.8. The smallest absolute Gasteiger partial charge is 0.185 e. The molecule has 1 aromatic carbocycles. The Morgan fingerprint density at radius 1 is 1.39 bits per heavy atom. The van der Waals surface area contributed by atoms with Crippen LogP contribution in [0.2, 0.25) is 0 Å². The largest absolute Gasteiger partial charge is 0.459 e. The zero-order chi connectivity index (χ0) is 19.5. The minimum Gasteiger partial charge on any atom is -0.459 e. The number of H-pyrrole nitrogens is 1. The molecule has 2 atom stereocenters. The van der Waals surface area contributed by atoms with Gasteiger partial charge in [0.05, 0.1) is 5.41 Å². The second-order valence-electron chi connectivity index (χ2n) is 6.14. The van der Waals surface area contributed by atoms with Crippen LogP contribution in [0.4, 0.5) is 0 Å². The van der Waals surface area contributed by atoms with Crippen LogP contribution in [0.5, 0.6) is 0 Å². The third kappa shape index (κ3) is 5.84. The number of aromatic nitrogens is 4. The van der Waals surface area contributed by atoms with Gasteiger partial charge < -0.3 is 15.4 Å². The van der Waals surface area contributed by atoms with Gasteiger partial charge in [-0.3, -0.25) is 13.0 Å². The van der Waals surface area contributed by atoms with Crippen LogP contribution in [0, 0.1) is 42.1 Å². The summed E-state index contributed by atoms with van der Waals surface area (Å²) in [5.74, 6) is 10.2. The van der Waals surface area contributed by atoms with Gasteiger partial charge in [0, 0.05) is 21.1 Å². The van der Waals surface area contributed by atoms with E-state index >= 15 is 0 Å². The van der Waals surface area contributed by atoms with Crippen LogP contribution >= 0.6 is 0 Å². The van der Waals surface area contributed by atoms with Crippen molar-refractivity contribution in [3.05, 3.63) is 48.8 Å². The summed E-state index contributed by atoms with van der Waals surface area (Å²) in [6, 6.07) is 10.5. The predicted octanol–water partition coefficient (Wildman–Crippen LogP) is 1.13. The van der Waals surface area contributed by atoms with E-state index in [1.54, 1.807) is 0 Å². The van der Waals surface area contributed by atoms with E-state index in [9.17, 15) is 0 Å². The minimum absolute atomic E-state index is 0. The van der Waals surface area contributed by atoms with Gasteiger partial charge in [-0.2, -0.15) is 5.21 Å². The molecule has 3 N–H and O–H groups in total. The van der Waals surface area contributed by atoms with Gasteiger partial charge in [0.15, 0.2) is 5.82 Å². The SMILES string of the molecule is N=[C-]C#CC#CCO.[CH2-]N1CCC(c2ccccc2)(c2nn[nH]n2)C(C)C1.[W]. The van der Waals surface area contributed by atoms with Crippen molar-refractivity contribution in [1.29, 1.82) is 5.41 Å². The quantitative estimate of drug-likeness (QED) is 0.298. The van der Waals surface area contributed by atoms with Gasteiger partial charge in [0.1, 0.15) is 6.61 Å². The summed E-state index contributed by atoms with van der Waals surface area (Å²) >= 11 is 0. The number of aliphatic hydroxyl groups is 1. The van der Waals surface area contributed by atoms with Crippen LogP contribution in [-0.2, 0) is 26.5 Å². The molecule has 3 rings (SSSR count). The number of rotatable bonds is 2. The van der Waals surface area contributed by atoms with E-state index in [2.05, 4.69) is 87.4 Å². The fourth-order valence-corrected chi connectivity index (χ4v) is 3.34. The molecule has 0 spiro atoms. The molecule has 0 aliphatic carbocycles. The van der Waals surface area contributed by atoms with Gasteiger partial charge >= 0.3 is 0 Å². The molecule has 0 radical (unpaired) electrons. The van der Waals surface area contributed by atoms with E-state index in [0.717, 1.165) is 25.3 Å². The number of nitrogens with one attached hydrogen (secondary N) is 2. The second-order valence-corrected chi connectivity index (χ2v) is 6.14. The van der Waals surface area contributed by atoms with Crippen molar-refractivity contribution in [3.63, 3.8) is 0 Å². The summed E-state index contributed by atoms with van der Waals surface area (Å²) in [6.07, 6.45) is 2.79. The fourth-order valence-electron chi connectivity index (χ4n) is 3.34. The van der Waals surface area contributed by atoms with Crippen LogP contribution < -0.4 is 0 Å². The number of aromatic amines is 1. The summed E-state index contributed by atoms with van der Waals surface area (Å²) < 4.78 is 0. The van der Waals surface area contributed by atoms with Crippen molar-refractivity contribution in [2.24, 2.45) is 5.92 Å². The molecule has 1 fully saturated rings. The summed E-state index contributed by atoms with van der Waals surface area (Å²) in [6.45, 7) is 3.92. The third-order valence-electron chi connectivity index (χ3n) is 4.58. The number of aliphatic hydroxyl groups excluding tert-OH is 1. The van der Waals surface area contributed by atoms with Crippen molar-refractivity contribution in [3.8, 4) is 23.7 Å². The van der Waals surface area contributed by atoms with E-state index in [0.29, 0.717) is 5.92 Å². The molecule has 0 amide bonds. The number of piperidine rings is 1. The molecular formula is C20H22N6OW-2. The van der Waals surface area contributed by atoms with E-state index < -0.39 is 0 Å². The molecule has 2 heterocycles. The maximum absolute atomic E-state index is 8.06. The molecule has 0 bridgehead atoms. The zero-order valence-corrected chi connectivity index (χ0v) is 18.6. The Bertz CT molecular complexity index is 834. The standard InChI is InChI=1S/C14H18N5.C6H4NO.W/c1-11-10-19(2)9-8-14(11,13-15-17-18-16-13)12-6-4-3-5-7-12;7-5-3-1-2-4-6-8;/h3-7,11H,2,8-10H2,1H3,(H,15,16,17,18);7-8H,6H2;/q2*-1;. The van der Waals surface area contributed by atoms with E-state index in [4.69, 9.17) is 10.5 Å². The maximum atomic E-state index is 8.06. The van der Waals surface area contributed by atoms with Gasteiger partial charge in [-0.15, -0.1) is 22.3 Å². The Balaban J connectivity index is 0.000000376. The molecule has 146 valence electrons. The topological polar surface area (TPSA) is 102 Å². The number of likely N-dealkylation sites (tertiary alicyclic amines) is 1. The molecule has 0 saturated carbocycles. The first kappa shape index (κ1) is 23.7. The van der Waals surface area contributed by atoms with Crippen molar-refractivity contribution >= 4 is 6.21 Å². The molecule has 7 nitrogen and oxygen atoms in total. The van der Waals surface area contributed by atoms with Crippen molar-refractivity contribution < 1.29 is 26.2 Å². The van der Waals surface area contributed by atoms with Crippen LogP contribution in [0.25, 0.3) is 0 Å². The number of benzene rings is 1. The molecule has 28 heavy (non-hydrogen) atoms. The molecule has 1 aliphatic rings. The Hall–Kier alpha value is -2.31. The van der Waals surface area contributed by atoms with Gasteiger partial charge in [0.25, 0.3) is 0 Å². The van der Waals surface area contributed by atoms with Crippen LogP contribution in [0.3, 0.4) is 0 Å². The summed E-state index contributed by atoms with van der Waals surface area (Å²) in [5.41, 5.74) is 1.10. The average molecular weight is 546 g/mol. The van der Waals surface area contributed by atoms with Gasteiger partial charge in [0.2, 0.25) is 0 Å².